The van der Waals surface area contributed by atoms with Gasteiger partial charge in [0.2, 0.25) is 0 Å². The van der Waals surface area contributed by atoms with E-state index in [1.165, 1.54) is 6.26 Å². The van der Waals surface area contributed by atoms with Crippen LogP contribution in [0, 0.1) is 0 Å². The third-order valence-electron chi connectivity index (χ3n) is 0.825. The minimum absolute atomic E-state index is 0.137. The Kier molecular flexibility index (Phi) is 1.52. The summed E-state index contributed by atoms with van der Waals surface area (Å²) in [4.78, 5) is 8.54. The van der Waals surface area contributed by atoms with Crippen molar-refractivity contribution in [1.29, 1.82) is 0 Å². The average molecular weight is 116 g/mol. The first-order valence-electron chi connectivity index (χ1n) is 2.14. The van der Waals surface area contributed by atoms with Crippen LogP contribution in [-0.4, -0.2) is 23.8 Å². The molecule has 0 saturated heterocycles. The zero-order valence-corrected chi connectivity index (χ0v) is 4.07. The van der Waals surface area contributed by atoms with Gasteiger partial charge in [0.1, 0.15) is 12.9 Å². The highest BCUT2D eigenvalue weighted by molar-refractivity contribution is 6.50. The summed E-state index contributed by atoms with van der Waals surface area (Å²) >= 11 is 0. The molecule has 0 spiro atoms. The fourth-order valence-corrected chi connectivity index (χ4v) is 0.367. The summed E-state index contributed by atoms with van der Waals surface area (Å²) in [7, 11) is -1.45. The largest absolute Gasteiger partial charge is 0.489 e. The first-order valence-corrected chi connectivity index (χ1v) is 2.14. The van der Waals surface area contributed by atoms with Gasteiger partial charge in [0, 0.05) is 5.47 Å². The molecule has 1 aliphatic rings. The number of hydrogen-bond donors (Lipinski definition) is 2. The van der Waals surface area contributed by atoms with Crippen molar-refractivity contribution in [3.63, 3.8) is 0 Å². The maximum atomic E-state index is 8.38. The molecule has 44 valence electrons. The van der Waals surface area contributed by atoms with E-state index in [9.17, 15) is 0 Å². The van der Waals surface area contributed by atoms with Gasteiger partial charge >= 0.3 is 7.12 Å². The lowest BCUT2D eigenvalue weighted by Crippen LogP contribution is -2.16. The Morgan fingerprint density at radius 1 is 1.62 bits per heavy atom. The van der Waals surface area contributed by atoms with E-state index in [2.05, 4.69) is 9.78 Å². The quantitative estimate of drug-likeness (QED) is 0.335. The Balaban J connectivity index is 2.45. The van der Waals surface area contributed by atoms with Crippen molar-refractivity contribution in [1.82, 2.24) is 0 Å². The fraction of sp³-hybridized carbons (Fsp3) is 0.333. The highest BCUT2D eigenvalue weighted by atomic mass is 17.2. The molecule has 0 aromatic carbocycles. The molecule has 0 atom stereocenters. The van der Waals surface area contributed by atoms with Crippen LogP contribution in [0.1, 0.15) is 0 Å². The third-order valence-corrected chi connectivity index (χ3v) is 0.825. The van der Waals surface area contributed by atoms with Crippen LogP contribution in [0.4, 0.5) is 0 Å². The zero-order chi connectivity index (χ0) is 5.98. The lowest BCUT2D eigenvalue weighted by Gasteiger charge is -1.90. The second-order valence-electron chi connectivity index (χ2n) is 1.42. The predicted octanol–water partition coefficient (Wildman–Crippen LogP) is -1.16. The lowest BCUT2D eigenvalue weighted by molar-refractivity contribution is -0.221. The fourth-order valence-electron chi connectivity index (χ4n) is 0.367. The van der Waals surface area contributed by atoms with E-state index in [-0.39, 0.29) is 6.61 Å². The average Bonchev–Trinajstić information content (AvgIpc) is 2.12. The van der Waals surface area contributed by atoms with E-state index in [4.69, 9.17) is 10.0 Å². The molecule has 2 N–H and O–H groups in total. The summed E-state index contributed by atoms with van der Waals surface area (Å²) in [5.74, 6) is 0. The maximum absolute atomic E-state index is 8.38. The van der Waals surface area contributed by atoms with Gasteiger partial charge in [0.25, 0.3) is 0 Å². The van der Waals surface area contributed by atoms with E-state index in [0.717, 1.165) is 0 Å². The Morgan fingerprint density at radius 2 is 2.38 bits per heavy atom. The molecular weight excluding hydrogens is 111 g/mol. The van der Waals surface area contributed by atoms with Crippen LogP contribution < -0.4 is 0 Å². The van der Waals surface area contributed by atoms with Crippen molar-refractivity contribution < 1.29 is 19.8 Å². The highest BCUT2D eigenvalue weighted by Gasteiger charge is 2.19. The molecular formula is C3H5BO4. The molecule has 0 unspecified atom stereocenters. The second-order valence-corrected chi connectivity index (χ2v) is 1.42. The Bertz CT molecular complexity index is 110. The van der Waals surface area contributed by atoms with Crippen molar-refractivity contribution in [3.05, 3.63) is 11.7 Å². The summed E-state index contributed by atoms with van der Waals surface area (Å²) in [6.45, 7) is 0.137. The van der Waals surface area contributed by atoms with Gasteiger partial charge < -0.3 is 14.9 Å². The van der Waals surface area contributed by atoms with Crippen LogP contribution in [-0.2, 0) is 9.78 Å². The molecule has 0 amide bonds. The van der Waals surface area contributed by atoms with Crippen molar-refractivity contribution in [2.24, 2.45) is 0 Å². The number of hydrogen-bond acceptors (Lipinski definition) is 4. The molecule has 0 bridgehead atoms. The van der Waals surface area contributed by atoms with Crippen molar-refractivity contribution >= 4 is 7.12 Å². The van der Waals surface area contributed by atoms with Crippen LogP contribution in [0.15, 0.2) is 11.7 Å². The zero-order valence-electron chi connectivity index (χ0n) is 4.07. The van der Waals surface area contributed by atoms with E-state index in [0.29, 0.717) is 5.47 Å². The Morgan fingerprint density at radius 3 is 2.62 bits per heavy atom. The molecule has 8 heavy (non-hydrogen) atoms. The monoisotopic (exact) mass is 116 g/mol. The molecule has 5 heteroatoms. The van der Waals surface area contributed by atoms with E-state index >= 15 is 0 Å². The van der Waals surface area contributed by atoms with Crippen molar-refractivity contribution in [3.8, 4) is 0 Å². The van der Waals surface area contributed by atoms with Gasteiger partial charge in [0.15, 0.2) is 0 Å². The third kappa shape index (κ3) is 1.00. The molecule has 0 aromatic heterocycles. The van der Waals surface area contributed by atoms with Gasteiger partial charge in [-0.3, -0.25) is 0 Å². The van der Waals surface area contributed by atoms with Gasteiger partial charge in [-0.15, -0.1) is 0 Å². The predicted molar refractivity (Wildman–Crippen MR) is 25.3 cm³/mol. The molecule has 0 fully saturated rings. The molecule has 1 heterocycles. The molecule has 0 aromatic rings. The second kappa shape index (κ2) is 2.17. The first kappa shape index (κ1) is 5.62. The van der Waals surface area contributed by atoms with Crippen LogP contribution in [0.2, 0.25) is 0 Å². The molecule has 0 radical (unpaired) electrons. The van der Waals surface area contributed by atoms with Crippen LogP contribution in [0.3, 0.4) is 0 Å². The van der Waals surface area contributed by atoms with E-state index in [1.54, 1.807) is 0 Å². The molecule has 0 aliphatic carbocycles. The van der Waals surface area contributed by atoms with E-state index in [1.807, 2.05) is 0 Å². The highest BCUT2D eigenvalue weighted by Crippen LogP contribution is 2.05. The van der Waals surface area contributed by atoms with Crippen LogP contribution in [0.5, 0.6) is 0 Å². The summed E-state index contributed by atoms with van der Waals surface area (Å²) in [6.07, 6.45) is 1.17. The molecule has 1 aliphatic heterocycles. The smallest absolute Gasteiger partial charge is 0.423 e. The molecule has 4 nitrogen and oxygen atoms in total. The number of rotatable bonds is 1. The van der Waals surface area contributed by atoms with Gasteiger partial charge in [-0.25, -0.2) is 0 Å². The topological polar surface area (TPSA) is 58.9 Å². The van der Waals surface area contributed by atoms with Gasteiger partial charge in [-0.1, -0.05) is 0 Å². The van der Waals surface area contributed by atoms with Crippen LogP contribution >= 0.6 is 0 Å². The van der Waals surface area contributed by atoms with Gasteiger partial charge in [-0.05, 0) is 0 Å². The molecule has 0 saturated carbocycles. The first-order chi connectivity index (χ1) is 3.80. The lowest BCUT2D eigenvalue weighted by atomic mass is 9.81. The van der Waals surface area contributed by atoms with Crippen molar-refractivity contribution in [2.45, 2.75) is 0 Å². The van der Waals surface area contributed by atoms with E-state index < -0.39 is 7.12 Å². The van der Waals surface area contributed by atoms with Crippen LogP contribution in [0.25, 0.3) is 0 Å². The van der Waals surface area contributed by atoms with Crippen molar-refractivity contribution in [2.75, 3.05) is 6.61 Å². The maximum Gasteiger partial charge on any atom is 0.489 e. The summed E-state index contributed by atoms with van der Waals surface area (Å²) in [5, 5.41) is 16.8. The summed E-state index contributed by atoms with van der Waals surface area (Å²) in [6, 6.07) is 0. The SMILES string of the molecule is OB(O)C1=COOC1. The molecule has 1 rings (SSSR count). The van der Waals surface area contributed by atoms with Gasteiger partial charge in [-0.2, -0.15) is 4.89 Å². The summed E-state index contributed by atoms with van der Waals surface area (Å²) < 4.78 is 0. The normalized spacial score (nSPS) is 17.5. The minimum Gasteiger partial charge on any atom is -0.423 e. The Hall–Kier alpha value is -0.515. The minimum atomic E-state index is -1.45. The van der Waals surface area contributed by atoms with Gasteiger partial charge in [0.05, 0.1) is 0 Å². The standard InChI is InChI=1S/C3H5BO4/c5-4(6)3-1-7-8-2-3/h1,5-6H,2H2. The summed E-state index contributed by atoms with van der Waals surface area (Å²) in [5.41, 5.74) is 0.338. The Labute approximate surface area is 46.4 Å².